The van der Waals surface area contributed by atoms with Crippen LogP contribution < -0.4 is 14.8 Å². The number of nitrogens with one attached hydrogen (secondary N) is 1. The summed E-state index contributed by atoms with van der Waals surface area (Å²) in [4.78, 5) is 38.5. The Hall–Kier alpha value is -3.04. The van der Waals surface area contributed by atoms with Gasteiger partial charge in [0.2, 0.25) is 0 Å². The summed E-state index contributed by atoms with van der Waals surface area (Å²) in [7, 11) is 1.52. The Morgan fingerprint density at radius 3 is 2.69 bits per heavy atom. The first-order chi connectivity index (χ1) is 15.3. The van der Waals surface area contributed by atoms with Crippen LogP contribution in [0.3, 0.4) is 0 Å². The zero-order chi connectivity index (χ0) is 23.3. The number of thioether (sulfide) groups is 1. The summed E-state index contributed by atoms with van der Waals surface area (Å²) in [6.45, 7) is 2.35. The summed E-state index contributed by atoms with van der Waals surface area (Å²) >= 11 is 6.69. The van der Waals surface area contributed by atoms with E-state index < -0.39 is 22.9 Å². The zero-order valence-electron chi connectivity index (χ0n) is 17.3. The summed E-state index contributed by atoms with van der Waals surface area (Å²) < 4.78 is 23.9. The molecule has 168 valence electrons. The number of imide groups is 1. The third-order valence-electron chi connectivity index (χ3n) is 4.46. The molecule has 0 aromatic heterocycles. The number of nitrogens with zero attached hydrogens (tertiary/aromatic N) is 1. The van der Waals surface area contributed by atoms with Crippen molar-refractivity contribution in [3.8, 4) is 11.5 Å². The first kappa shape index (κ1) is 23.6. The number of halogens is 2. The molecular formula is C22H20ClFN2O5S. The fourth-order valence-electron chi connectivity index (χ4n) is 2.94. The van der Waals surface area contributed by atoms with Crippen LogP contribution in [0.15, 0.2) is 41.3 Å². The predicted molar refractivity (Wildman–Crippen MR) is 121 cm³/mol. The third kappa shape index (κ3) is 5.41. The molecule has 0 spiro atoms. The first-order valence-electron chi connectivity index (χ1n) is 9.63. The molecule has 1 aliphatic heterocycles. The van der Waals surface area contributed by atoms with E-state index >= 15 is 0 Å². The summed E-state index contributed by atoms with van der Waals surface area (Å²) in [6, 6.07) is 8.63. The maximum Gasteiger partial charge on any atom is 0.293 e. The Kier molecular flexibility index (Phi) is 7.76. The number of benzene rings is 2. The van der Waals surface area contributed by atoms with Crippen LogP contribution >= 0.6 is 23.4 Å². The second kappa shape index (κ2) is 10.5. The van der Waals surface area contributed by atoms with Gasteiger partial charge in [-0.2, -0.15) is 0 Å². The Morgan fingerprint density at radius 2 is 2.00 bits per heavy atom. The standard InChI is InChI=1S/C22H20ClFN2O5S/c1-3-31-17-7-4-13(10-18(17)30-2)11-19-21(28)26(22(29)32-19)9-8-25-20(27)15-6-5-14(24)12-16(15)23/h4-7,10-12H,3,8-9H2,1-2H3,(H,25,27)/b19-11-. The summed E-state index contributed by atoms with van der Waals surface area (Å²) in [5.74, 6) is -0.443. The lowest BCUT2D eigenvalue weighted by Gasteiger charge is -2.13. The quantitative estimate of drug-likeness (QED) is 0.568. The number of hydrogen-bond acceptors (Lipinski definition) is 6. The van der Waals surface area contributed by atoms with Crippen LogP contribution in [-0.4, -0.2) is 48.8 Å². The molecule has 0 saturated carbocycles. The van der Waals surface area contributed by atoms with Crippen molar-refractivity contribution < 1.29 is 28.2 Å². The van der Waals surface area contributed by atoms with E-state index in [1.807, 2.05) is 6.92 Å². The van der Waals surface area contributed by atoms with Crippen LogP contribution in [-0.2, 0) is 4.79 Å². The Morgan fingerprint density at radius 1 is 1.22 bits per heavy atom. The highest BCUT2D eigenvalue weighted by atomic mass is 35.5. The average molecular weight is 479 g/mol. The number of amides is 3. The van der Waals surface area contributed by atoms with E-state index in [4.69, 9.17) is 21.1 Å². The predicted octanol–water partition coefficient (Wildman–Crippen LogP) is 4.35. The minimum atomic E-state index is -0.554. The fourth-order valence-corrected chi connectivity index (χ4v) is 4.06. The molecule has 10 heteroatoms. The second-order valence-electron chi connectivity index (χ2n) is 6.56. The highest BCUT2D eigenvalue weighted by molar-refractivity contribution is 8.18. The number of ether oxygens (including phenoxy) is 2. The fraction of sp³-hybridized carbons (Fsp3) is 0.227. The molecule has 2 aromatic carbocycles. The molecule has 1 saturated heterocycles. The van der Waals surface area contributed by atoms with Crippen molar-refractivity contribution in [2.45, 2.75) is 6.92 Å². The van der Waals surface area contributed by atoms with Crippen molar-refractivity contribution in [1.82, 2.24) is 10.2 Å². The monoisotopic (exact) mass is 478 g/mol. The number of rotatable bonds is 8. The van der Waals surface area contributed by atoms with Gasteiger partial charge in [-0.3, -0.25) is 19.3 Å². The minimum Gasteiger partial charge on any atom is -0.493 e. The number of carbonyl (C=O) groups excluding carboxylic acids is 3. The van der Waals surface area contributed by atoms with E-state index in [0.717, 1.165) is 28.8 Å². The van der Waals surface area contributed by atoms with Crippen molar-refractivity contribution in [3.05, 3.63) is 63.3 Å². The smallest absolute Gasteiger partial charge is 0.293 e. The summed E-state index contributed by atoms with van der Waals surface area (Å²) in [6.07, 6.45) is 1.60. The first-order valence-corrected chi connectivity index (χ1v) is 10.8. The highest BCUT2D eigenvalue weighted by Gasteiger charge is 2.34. The van der Waals surface area contributed by atoms with Crippen molar-refractivity contribution in [1.29, 1.82) is 0 Å². The molecular weight excluding hydrogens is 459 g/mol. The second-order valence-corrected chi connectivity index (χ2v) is 7.96. The van der Waals surface area contributed by atoms with Crippen molar-refractivity contribution >= 4 is 46.5 Å². The van der Waals surface area contributed by atoms with Gasteiger partial charge in [0.15, 0.2) is 11.5 Å². The van der Waals surface area contributed by atoms with E-state index in [1.54, 1.807) is 24.3 Å². The molecule has 1 N–H and O–H groups in total. The van der Waals surface area contributed by atoms with E-state index in [-0.39, 0.29) is 28.6 Å². The topological polar surface area (TPSA) is 84.9 Å². The van der Waals surface area contributed by atoms with Gasteiger partial charge >= 0.3 is 0 Å². The SMILES string of the molecule is CCOc1ccc(/C=C2\SC(=O)N(CCNC(=O)c3ccc(F)cc3Cl)C2=O)cc1OC. The molecule has 0 aliphatic carbocycles. The molecule has 0 bridgehead atoms. The molecule has 1 fully saturated rings. The molecule has 3 rings (SSSR count). The molecule has 3 amide bonds. The van der Waals surface area contributed by atoms with Gasteiger partial charge in [0.1, 0.15) is 5.82 Å². The van der Waals surface area contributed by atoms with Crippen LogP contribution in [0, 0.1) is 5.82 Å². The highest BCUT2D eigenvalue weighted by Crippen LogP contribution is 2.34. The van der Waals surface area contributed by atoms with Gasteiger partial charge in [-0.1, -0.05) is 17.7 Å². The van der Waals surface area contributed by atoms with Crippen molar-refractivity contribution in [3.63, 3.8) is 0 Å². The molecule has 0 unspecified atom stereocenters. The van der Waals surface area contributed by atoms with Crippen molar-refractivity contribution in [2.75, 3.05) is 26.8 Å². The molecule has 1 heterocycles. The van der Waals surface area contributed by atoms with Gasteiger partial charge in [-0.15, -0.1) is 0 Å². The Bertz CT molecular complexity index is 1090. The number of hydrogen-bond donors (Lipinski definition) is 1. The molecule has 32 heavy (non-hydrogen) atoms. The maximum absolute atomic E-state index is 13.1. The van der Waals surface area contributed by atoms with Gasteiger partial charge in [-0.25, -0.2) is 4.39 Å². The van der Waals surface area contributed by atoms with Crippen LogP contribution in [0.5, 0.6) is 11.5 Å². The minimum absolute atomic E-state index is 0.0147. The molecule has 0 radical (unpaired) electrons. The maximum atomic E-state index is 13.1. The van der Waals surface area contributed by atoms with Crippen LogP contribution in [0.1, 0.15) is 22.8 Å². The molecule has 1 aliphatic rings. The zero-order valence-corrected chi connectivity index (χ0v) is 18.9. The third-order valence-corrected chi connectivity index (χ3v) is 5.68. The summed E-state index contributed by atoms with van der Waals surface area (Å²) in [5, 5.41) is 2.11. The lowest BCUT2D eigenvalue weighted by atomic mass is 10.2. The van der Waals surface area contributed by atoms with E-state index in [1.165, 1.54) is 13.2 Å². The molecule has 2 aromatic rings. The van der Waals surface area contributed by atoms with Gasteiger partial charge < -0.3 is 14.8 Å². The van der Waals surface area contributed by atoms with Crippen LogP contribution in [0.4, 0.5) is 9.18 Å². The number of carbonyl (C=O) groups is 3. The lowest BCUT2D eigenvalue weighted by molar-refractivity contribution is -0.122. The molecule has 0 atom stereocenters. The van der Waals surface area contributed by atoms with Crippen LogP contribution in [0.2, 0.25) is 5.02 Å². The Labute approximate surface area is 193 Å². The number of methoxy groups -OCH3 is 1. The normalized spacial score (nSPS) is 14.8. The average Bonchev–Trinajstić information content (AvgIpc) is 3.02. The molecule has 7 nitrogen and oxygen atoms in total. The van der Waals surface area contributed by atoms with E-state index in [2.05, 4.69) is 5.32 Å². The lowest BCUT2D eigenvalue weighted by Crippen LogP contribution is -2.37. The largest absolute Gasteiger partial charge is 0.493 e. The Balaban J connectivity index is 1.64. The van der Waals surface area contributed by atoms with Crippen molar-refractivity contribution in [2.24, 2.45) is 0 Å². The van der Waals surface area contributed by atoms with Gasteiger partial charge in [0, 0.05) is 13.1 Å². The summed E-state index contributed by atoms with van der Waals surface area (Å²) in [5.41, 5.74) is 0.779. The van der Waals surface area contributed by atoms with Gasteiger partial charge in [0.05, 0.1) is 29.2 Å². The van der Waals surface area contributed by atoms with Crippen LogP contribution in [0.25, 0.3) is 6.08 Å². The van der Waals surface area contributed by atoms with E-state index in [9.17, 15) is 18.8 Å². The van der Waals surface area contributed by atoms with Gasteiger partial charge in [-0.05, 0) is 60.7 Å². The van der Waals surface area contributed by atoms with Gasteiger partial charge in [0.25, 0.3) is 17.1 Å². The van der Waals surface area contributed by atoms with E-state index in [0.29, 0.717) is 23.7 Å².